The van der Waals surface area contributed by atoms with Crippen molar-refractivity contribution < 1.29 is 9.50 Å². The summed E-state index contributed by atoms with van der Waals surface area (Å²) in [4.78, 5) is 2.12. The third kappa shape index (κ3) is 6.18. The molecule has 0 atom stereocenters. The van der Waals surface area contributed by atoms with Crippen molar-refractivity contribution in [1.82, 2.24) is 4.90 Å². The van der Waals surface area contributed by atoms with E-state index >= 15 is 0 Å². The molecular weight excluding hydrogens is 253 g/mol. The first-order valence-corrected chi connectivity index (χ1v) is 6.88. The molecule has 0 saturated carbocycles. The van der Waals surface area contributed by atoms with Gasteiger partial charge in [-0.05, 0) is 24.6 Å². The molecule has 0 aromatic heterocycles. The highest BCUT2D eigenvalue weighted by molar-refractivity contribution is 5.37. The lowest BCUT2D eigenvalue weighted by Crippen LogP contribution is -2.29. The van der Waals surface area contributed by atoms with Crippen molar-refractivity contribution >= 4 is 0 Å². The fraction of sp³-hybridized carbons (Fsp3) is 0.529. The third-order valence-corrected chi connectivity index (χ3v) is 2.71. The highest BCUT2D eigenvalue weighted by atomic mass is 19.1. The summed E-state index contributed by atoms with van der Waals surface area (Å²) < 4.78 is 14.0. The lowest BCUT2D eigenvalue weighted by atomic mass is 9.96. The normalized spacial score (nSPS) is 11.3. The molecule has 0 amide bonds. The van der Waals surface area contributed by atoms with Crippen molar-refractivity contribution in [3.8, 4) is 11.8 Å². The molecule has 0 saturated heterocycles. The minimum atomic E-state index is -0.221. The molecule has 0 aliphatic heterocycles. The minimum Gasteiger partial charge on any atom is -0.395 e. The number of halogens is 1. The van der Waals surface area contributed by atoms with Crippen LogP contribution in [0.3, 0.4) is 0 Å². The Bertz CT molecular complexity index is 494. The minimum absolute atomic E-state index is 0.0329. The summed E-state index contributed by atoms with van der Waals surface area (Å²) in [5.41, 5.74) is 1.53. The fourth-order valence-corrected chi connectivity index (χ4v) is 2.13. The Balaban J connectivity index is 2.72. The number of hydrogen-bond donors (Lipinski definition) is 1. The molecule has 1 rings (SSSR count). The van der Waals surface area contributed by atoms with Gasteiger partial charge in [0.25, 0.3) is 0 Å². The number of aliphatic hydroxyl groups excluding tert-OH is 1. The monoisotopic (exact) mass is 277 g/mol. The molecule has 3 heteroatoms. The first-order valence-electron chi connectivity index (χ1n) is 6.88. The van der Waals surface area contributed by atoms with Crippen LogP contribution in [0.2, 0.25) is 0 Å². The highest BCUT2D eigenvalue weighted by Gasteiger charge is 2.14. The van der Waals surface area contributed by atoms with Gasteiger partial charge in [-0.15, -0.1) is 0 Å². The molecule has 0 spiro atoms. The lowest BCUT2D eigenvalue weighted by molar-refractivity contribution is 0.218. The van der Waals surface area contributed by atoms with E-state index < -0.39 is 0 Å². The molecule has 1 aromatic carbocycles. The molecule has 0 aliphatic carbocycles. The van der Waals surface area contributed by atoms with Gasteiger partial charge in [-0.1, -0.05) is 38.7 Å². The van der Waals surface area contributed by atoms with Crippen LogP contribution in [0, 0.1) is 23.1 Å². The zero-order chi connectivity index (χ0) is 15.2. The van der Waals surface area contributed by atoms with Gasteiger partial charge in [0, 0.05) is 30.6 Å². The quantitative estimate of drug-likeness (QED) is 0.855. The number of rotatable bonds is 4. The van der Waals surface area contributed by atoms with Crippen molar-refractivity contribution in [2.75, 3.05) is 20.2 Å². The summed E-state index contributed by atoms with van der Waals surface area (Å²) in [7, 11) is 2.00. The molecule has 2 nitrogen and oxygen atoms in total. The van der Waals surface area contributed by atoms with Crippen molar-refractivity contribution in [2.45, 2.75) is 33.7 Å². The summed E-state index contributed by atoms with van der Waals surface area (Å²) in [6.07, 6.45) is 0.414. The Kier molecular flexibility index (Phi) is 6.19. The molecule has 0 radical (unpaired) electrons. The Labute approximate surface area is 121 Å². The topological polar surface area (TPSA) is 23.5 Å². The van der Waals surface area contributed by atoms with Crippen molar-refractivity contribution in [2.24, 2.45) is 5.41 Å². The van der Waals surface area contributed by atoms with Gasteiger partial charge in [-0.25, -0.2) is 4.39 Å². The van der Waals surface area contributed by atoms with Crippen LogP contribution in [0.1, 0.15) is 38.3 Å². The van der Waals surface area contributed by atoms with Gasteiger partial charge in [0.15, 0.2) is 0 Å². The number of nitrogens with zero attached hydrogens (tertiary/aromatic N) is 1. The van der Waals surface area contributed by atoms with Gasteiger partial charge in [0.1, 0.15) is 5.82 Å². The molecular formula is C17H24FNO. The van der Waals surface area contributed by atoms with Crippen LogP contribution in [0.4, 0.5) is 4.39 Å². The standard InChI is InChI=1S/C17H24FNO/c1-17(2,3)13-19(4)12-15-9-8-14(11-16(15)18)7-5-6-10-20/h8-9,11,20H,6,10,12-13H2,1-4H3. The van der Waals surface area contributed by atoms with Crippen LogP contribution in [0.25, 0.3) is 0 Å². The number of benzene rings is 1. The van der Waals surface area contributed by atoms with E-state index in [0.717, 1.165) is 6.54 Å². The molecule has 20 heavy (non-hydrogen) atoms. The number of aliphatic hydroxyl groups is 1. The zero-order valence-electron chi connectivity index (χ0n) is 12.8. The maximum Gasteiger partial charge on any atom is 0.128 e. The van der Waals surface area contributed by atoms with Crippen molar-refractivity contribution in [3.63, 3.8) is 0 Å². The average Bonchev–Trinajstić information content (AvgIpc) is 2.30. The highest BCUT2D eigenvalue weighted by Crippen LogP contribution is 2.17. The van der Waals surface area contributed by atoms with Gasteiger partial charge in [0.05, 0.1) is 6.61 Å². The van der Waals surface area contributed by atoms with Crippen LogP contribution < -0.4 is 0 Å². The summed E-state index contributed by atoms with van der Waals surface area (Å²) in [6.45, 7) is 8.03. The van der Waals surface area contributed by atoms with E-state index in [0.29, 0.717) is 24.1 Å². The molecule has 0 unspecified atom stereocenters. The third-order valence-electron chi connectivity index (χ3n) is 2.71. The van der Waals surface area contributed by atoms with Crippen LogP contribution in [-0.4, -0.2) is 30.2 Å². The smallest absolute Gasteiger partial charge is 0.128 e. The maximum absolute atomic E-state index is 14.0. The van der Waals surface area contributed by atoms with E-state index in [-0.39, 0.29) is 17.8 Å². The van der Waals surface area contributed by atoms with Crippen LogP contribution in [-0.2, 0) is 6.54 Å². The predicted octanol–water partition coefficient (Wildman–Crippen LogP) is 3.04. The molecule has 1 aromatic rings. The Morgan fingerprint density at radius 1 is 1.30 bits per heavy atom. The Morgan fingerprint density at radius 3 is 2.55 bits per heavy atom. The van der Waals surface area contributed by atoms with Gasteiger partial charge < -0.3 is 10.0 Å². The SMILES string of the molecule is CN(Cc1ccc(C#CCCO)cc1F)CC(C)(C)C. The Morgan fingerprint density at radius 2 is 2.00 bits per heavy atom. The second-order valence-corrected chi connectivity index (χ2v) is 6.31. The molecule has 110 valence electrons. The van der Waals surface area contributed by atoms with Gasteiger partial charge in [-0.3, -0.25) is 0 Å². The van der Waals surface area contributed by atoms with Gasteiger partial charge in [-0.2, -0.15) is 0 Å². The zero-order valence-corrected chi connectivity index (χ0v) is 12.8. The molecule has 0 aliphatic rings. The van der Waals surface area contributed by atoms with Crippen molar-refractivity contribution in [1.29, 1.82) is 0 Å². The summed E-state index contributed by atoms with van der Waals surface area (Å²) in [5.74, 6) is 5.41. The second-order valence-electron chi connectivity index (χ2n) is 6.31. The van der Waals surface area contributed by atoms with Crippen LogP contribution >= 0.6 is 0 Å². The second kappa shape index (κ2) is 7.42. The Hall–Kier alpha value is -1.37. The van der Waals surface area contributed by atoms with Crippen LogP contribution in [0.5, 0.6) is 0 Å². The summed E-state index contributed by atoms with van der Waals surface area (Å²) in [5, 5.41) is 8.65. The van der Waals surface area contributed by atoms with Gasteiger partial charge in [0.2, 0.25) is 0 Å². The predicted molar refractivity (Wildman–Crippen MR) is 80.8 cm³/mol. The fourth-order valence-electron chi connectivity index (χ4n) is 2.13. The molecule has 0 heterocycles. The maximum atomic E-state index is 14.0. The first kappa shape index (κ1) is 16.7. The number of hydrogen-bond acceptors (Lipinski definition) is 2. The summed E-state index contributed by atoms with van der Waals surface area (Å²) in [6, 6.07) is 5.08. The van der Waals surface area contributed by atoms with E-state index in [9.17, 15) is 4.39 Å². The van der Waals surface area contributed by atoms with Crippen LogP contribution in [0.15, 0.2) is 18.2 Å². The van der Waals surface area contributed by atoms with Gasteiger partial charge >= 0.3 is 0 Å². The van der Waals surface area contributed by atoms with E-state index in [4.69, 9.17) is 5.11 Å². The van der Waals surface area contributed by atoms with E-state index in [2.05, 4.69) is 37.5 Å². The van der Waals surface area contributed by atoms with Crippen molar-refractivity contribution in [3.05, 3.63) is 35.1 Å². The average molecular weight is 277 g/mol. The van der Waals surface area contributed by atoms with E-state index in [1.807, 2.05) is 13.1 Å². The van der Waals surface area contributed by atoms with E-state index in [1.165, 1.54) is 6.07 Å². The van der Waals surface area contributed by atoms with E-state index in [1.54, 1.807) is 6.07 Å². The molecule has 1 N–H and O–H groups in total. The summed E-state index contributed by atoms with van der Waals surface area (Å²) >= 11 is 0. The molecule has 0 fully saturated rings. The first-order chi connectivity index (χ1) is 9.31. The lowest BCUT2D eigenvalue weighted by Gasteiger charge is -2.26. The largest absolute Gasteiger partial charge is 0.395 e. The molecule has 0 bridgehead atoms.